The van der Waals surface area contributed by atoms with Crippen molar-refractivity contribution in [3.8, 4) is 0 Å². The van der Waals surface area contributed by atoms with E-state index in [0.29, 0.717) is 36.1 Å². The molecule has 3 heterocycles. The highest BCUT2D eigenvalue weighted by Gasteiger charge is 2.57. The molecule has 14 heteroatoms. The van der Waals surface area contributed by atoms with Gasteiger partial charge < -0.3 is 5.32 Å². The minimum atomic E-state index is -4.82. The number of nitrogens with one attached hydrogen (secondary N) is 1. The third kappa shape index (κ3) is 5.37. The minimum absolute atomic E-state index is 0.301. The maximum absolute atomic E-state index is 13.9. The SMILES string of the molecule is O=C(Cn1c2c(sc1=O)[C@H](c1ccc(Cl)cc1)C1C(=O)N(c3ccccc3C(F)(F)F)C(=O)C1S2)Nc1ccc(Cl)cc1. The van der Waals surface area contributed by atoms with Gasteiger partial charge in [-0.05, 0) is 54.1 Å². The van der Waals surface area contributed by atoms with E-state index in [0.717, 1.165) is 35.2 Å². The molecule has 0 spiro atoms. The first-order valence-electron chi connectivity index (χ1n) is 12.7. The van der Waals surface area contributed by atoms with Gasteiger partial charge in [-0.25, -0.2) is 4.90 Å². The molecule has 2 unspecified atom stereocenters. The van der Waals surface area contributed by atoms with Crippen LogP contribution in [0.15, 0.2) is 82.6 Å². The Morgan fingerprint density at radius 2 is 1.51 bits per heavy atom. The van der Waals surface area contributed by atoms with Crippen LogP contribution in [0.1, 0.15) is 21.9 Å². The number of hydrogen-bond acceptors (Lipinski definition) is 6. The summed E-state index contributed by atoms with van der Waals surface area (Å²) in [6, 6.07) is 17.3. The van der Waals surface area contributed by atoms with Crippen LogP contribution in [0.2, 0.25) is 10.0 Å². The number of rotatable bonds is 5. The van der Waals surface area contributed by atoms with Crippen LogP contribution in [-0.2, 0) is 27.1 Å². The molecule has 2 aliphatic heterocycles. The van der Waals surface area contributed by atoms with Crippen molar-refractivity contribution in [2.75, 3.05) is 10.2 Å². The first kappa shape index (κ1) is 29.5. The first-order chi connectivity index (χ1) is 20.4. The number of alkyl halides is 3. The van der Waals surface area contributed by atoms with Crippen molar-refractivity contribution in [3.63, 3.8) is 0 Å². The quantitative estimate of drug-likeness (QED) is 0.241. The molecule has 0 bridgehead atoms. The highest BCUT2D eigenvalue weighted by molar-refractivity contribution is 8.00. The largest absolute Gasteiger partial charge is 0.418 e. The number of fused-ring (bicyclic) bond motifs is 2. The number of thiazole rings is 1. The summed E-state index contributed by atoms with van der Waals surface area (Å²) in [7, 11) is 0. The Bertz CT molecular complexity index is 1820. The third-order valence-corrected chi connectivity index (χ3v) is 10.3. The first-order valence-corrected chi connectivity index (χ1v) is 15.1. The predicted octanol–water partition coefficient (Wildman–Crippen LogP) is 6.67. The number of carbonyl (C=O) groups excluding carboxylic acids is 3. The van der Waals surface area contributed by atoms with E-state index in [4.69, 9.17) is 23.2 Å². The molecular formula is C29H18Cl2F3N3O4S2. The smallest absolute Gasteiger partial charge is 0.325 e. The Balaban J connectivity index is 1.43. The van der Waals surface area contributed by atoms with Crippen molar-refractivity contribution < 1.29 is 27.6 Å². The number of halogens is 5. The van der Waals surface area contributed by atoms with E-state index in [2.05, 4.69) is 5.32 Å². The van der Waals surface area contributed by atoms with Crippen LogP contribution >= 0.6 is 46.3 Å². The summed E-state index contributed by atoms with van der Waals surface area (Å²) in [5, 5.41) is 2.72. The highest BCUT2D eigenvalue weighted by atomic mass is 35.5. The summed E-state index contributed by atoms with van der Waals surface area (Å²) in [6.07, 6.45) is -4.82. The number of nitrogens with zero attached hydrogens (tertiary/aromatic N) is 2. The molecule has 2 aliphatic rings. The lowest BCUT2D eigenvalue weighted by molar-refractivity contribution is -0.137. The fourth-order valence-corrected chi connectivity index (χ4v) is 8.33. The molecule has 3 atom stereocenters. The monoisotopic (exact) mass is 663 g/mol. The molecule has 1 N–H and O–H groups in total. The molecule has 220 valence electrons. The van der Waals surface area contributed by atoms with Crippen LogP contribution in [0.5, 0.6) is 0 Å². The zero-order chi connectivity index (χ0) is 30.6. The van der Waals surface area contributed by atoms with Gasteiger partial charge >= 0.3 is 11.0 Å². The topological polar surface area (TPSA) is 88.5 Å². The van der Waals surface area contributed by atoms with Crippen LogP contribution in [0.3, 0.4) is 0 Å². The van der Waals surface area contributed by atoms with Gasteiger partial charge in [-0.3, -0.25) is 23.7 Å². The Hall–Kier alpha value is -3.58. The van der Waals surface area contributed by atoms with Crippen LogP contribution in [0.25, 0.3) is 0 Å². The van der Waals surface area contributed by atoms with Crippen molar-refractivity contribution in [1.82, 2.24) is 4.57 Å². The Kier molecular flexibility index (Phi) is 7.66. The average molecular weight is 665 g/mol. The average Bonchev–Trinajstić information content (AvgIpc) is 3.40. The van der Waals surface area contributed by atoms with E-state index in [1.807, 2.05) is 0 Å². The van der Waals surface area contributed by atoms with Gasteiger partial charge in [-0.2, -0.15) is 13.2 Å². The molecule has 4 aromatic rings. The number of carbonyl (C=O) groups is 3. The van der Waals surface area contributed by atoms with Gasteiger partial charge in [0.1, 0.15) is 11.8 Å². The maximum atomic E-state index is 13.9. The van der Waals surface area contributed by atoms with Gasteiger partial charge in [0.25, 0.3) is 0 Å². The second kappa shape index (κ2) is 11.2. The number of thioether (sulfide) groups is 1. The standard InChI is InChI=1S/C29H18Cl2F3N3O4S2/c30-15-7-5-14(6-8-15)21-22-23(26(40)37(25(22)39)19-4-2-1-3-18(19)29(32,33)34)42-27-24(21)43-28(41)36(27)13-20(38)35-17-11-9-16(31)10-12-17/h1-12,21-23H,13H2,(H,35,38)/t21-,22?,23?/m1/s1. The molecule has 0 aliphatic carbocycles. The van der Waals surface area contributed by atoms with E-state index >= 15 is 0 Å². The number of hydrogen-bond donors (Lipinski definition) is 1. The summed E-state index contributed by atoms with van der Waals surface area (Å²) in [5.74, 6) is -4.13. The lowest BCUT2D eigenvalue weighted by Crippen LogP contribution is -2.33. The van der Waals surface area contributed by atoms with E-state index in [1.54, 1.807) is 48.5 Å². The summed E-state index contributed by atoms with van der Waals surface area (Å²) in [6.45, 7) is -0.395. The number of aromatic nitrogens is 1. The fraction of sp³-hybridized carbons (Fsp3) is 0.172. The van der Waals surface area contributed by atoms with Crippen LogP contribution in [-0.4, -0.2) is 27.5 Å². The number of benzene rings is 3. The van der Waals surface area contributed by atoms with Gasteiger partial charge in [0.15, 0.2) is 0 Å². The van der Waals surface area contributed by atoms with E-state index < -0.39 is 63.7 Å². The lowest BCUT2D eigenvalue weighted by Gasteiger charge is -2.30. The van der Waals surface area contributed by atoms with E-state index in [9.17, 15) is 32.3 Å². The number of para-hydroxylation sites is 1. The molecule has 3 aromatic carbocycles. The van der Waals surface area contributed by atoms with Crippen molar-refractivity contribution in [2.45, 2.75) is 28.9 Å². The van der Waals surface area contributed by atoms with E-state index in [1.165, 1.54) is 16.7 Å². The second-order valence-electron chi connectivity index (χ2n) is 9.80. The van der Waals surface area contributed by atoms with Crippen molar-refractivity contribution >= 4 is 75.4 Å². The molecule has 7 nitrogen and oxygen atoms in total. The molecule has 43 heavy (non-hydrogen) atoms. The molecular weight excluding hydrogens is 646 g/mol. The summed E-state index contributed by atoms with van der Waals surface area (Å²) in [4.78, 5) is 54.5. The minimum Gasteiger partial charge on any atom is -0.325 e. The van der Waals surface area contributed by atoms with Crippen molar-refractivity contribution in [2.24, 2.45) is 5.92 Å². The fourth-order valence-electron chi connectivity index (χ4n) is 5.31. The predicted molar refractivity (Wildman–Crippen MR) is 159 cm³/mol. The number of anilines is 2. The second-order valence-corrected chi connectivity index (χ2v) is 12.8. The zero-order valence-corrected chi connectivity index (χ0v) is 24.7. The lowest BCUT2D eigenvalue weighted by atomic mass is 9.83. The van der Waals surface area contributed by atoms with Gasteiger partial charge in [-0.1, -0.05) is 70.6 Å². The molecule has 3 amide bonds. The van der Waals surface area contributed by atoms with Crippen molar-refractivity contribution in [1.29, 1.82) is 0 Å². The Labute approximate surface area is 260 Å². The molecule has 6 rings (SSSR count). The maximum Gasteiger partial charge on any atom is 0.418 e. The summed E-state index contributed by atoms with van der Waals surface area (Å²) >= 11 is 13.7. The van der Waals surface area contributed by atoms with Gasteiger partial charge in [0, 0.05) is 26.5 Å². The van der Waals surface area contributed by atoms with Gasteiger partial charge in [0.2, 0.25) is 17.7 Å². The number of imide groups is 1. The summed E-state index contributed by atoms with van der Waals surface area (Å²) in [5.41, 5.74) is -0.673. The molecule has 0 radical (unpaired) electrons. The van der Waals surface area contributed by atoms with Crippen molar-refractivity contribution in [3.05, 3.63) is 109 Å². The molecule has 1 saturated heterocycles. The highest BCUT2D eigenvalue weighted by Crippen LogP contribution is 2.54. The number of amides is 3. The molecule has 1 fully saturated rings. The van der Waals surface area contributed by atoms with E-state index in [-0.39, 0.29) is 0 Å². The zero-order valence-electron chi connectivity index (χ0n) is 21.6. The summed E-state index contributed by atoms with van der Waals surface area (Å²) < 4.78 is 43.0. The third-order valence-electron chi connectivity index (χ3n) is 7.16. The van der Waals surface area contributed by atoms with Gasteiger partial charge in [-0.15, -0.1) is 0 Å². The Morgan fingerprint density at radius 1 is 0.884 bits per heavy atom. The Morgan fingerprint density at radius 3 is 2.16 bits per heavy atom. The van der Waals surface area contributed by atoms with Crippen LogP contribution in [0.4, 0.5) is 24.5 Å². The van der Waals surface area contributed by atoms with Gasteiger partial charge in [0.05, 0.1) is 22.2 Å². The van der Waals surface area contributed by atoms with Crippen LogP contribution < -0.4 is 15.1 Å². The molecule has 0 saturated carbocycles. The molecule has 1 aromatic heterocycles. The normalized spacial score (nSPS) is 19.7. The van der Waals surface area contributed by atoms with Crippen LogP contribution in [0, 0.1) is 5.92 Å².